The fraction of sp³-hybridized carbons (Fsp3) is 0.481. The van der Waals surface area contributed by atoms with Crippen LogP contribution in [0.4, 0.5) is 0 Å². The minimum Gasteiger partial charge on any atom is -0.474 e. The molecule has 0 bridgehead atoms. The van der Waals surface area contributed by atoms with Crippen molar-refractivity contribution in [3.8, 4) is 5.88 Å². The summed E-state index contributed by atoms with van der Waals surface area (Å²) in [4.78, 5) is 26.6. The third kappa shape index (κ3) is 4.02. The van der Waals surface area contributed by atoms with Crippen LogP contribution < -0.4 is 10.5 Å². The van der Waals surface area contributed by atoms with Gasteiger partial charge in [-0.25, -0.2) is 9.78 Å². The maximum absolute atomic E-state index is 12.4. The summed E-state index contributed by atoms with van der Waals surface area (Å²) in [6.07, 6.45) is 7.38. The van der Waals surface area contributed by atoms with Crippen LogP contribution in [0, 0.1) is 0 Å². The van der Waals surface area contributed by atoms with Gasteiger partial charge in [-0.3, -0.25) is 9.97 Å². The number of nitrogens with two attached hydrogens (primary N) is 1. The van der Waals surface area contributed by atoms with Crippen molar-refractivity contribution in [2.24, 2.45) is 5.73 Å². The van der Waals surface area contributed by atoms with Crippen molar-refractivity contribution in [1.82, 2.24) is 15.0 Å². The van der Waals surface area contributed by atoms with E-state index in [0.717, 1.165) is 52.7 Å². The number of nitrogens with zero attached hydrogens (tertiary/aromatic N) is 3. The molecule has 0 radical (unpaired) electrons. The number of carbonyl (C=O) groups is 1. The van der Waals surface area contributed by atoms with Gasteiger partial charge in [0.15, 0.2) is 0 Å². The Morgan fingerprint density at radius 3 is 2.65 bits per heavy atom. The van der Waals surface area contributed by atoms with Gasteiger partial charge >= 0.3 is 5.97 Å². The van der Waals surface area contributed by atoms with Crippen LogP contribution >= 0.6 is 0 Å². The Labute approximate surface area is 200 Å². The van der Waals surface area contributed by atoms with Crippen LogP contribution in [0.25, 0.3) is 10.8 Å². The van der Waals surface area contributed by atoms with Crippen molar-refractivity contribution in [3.63, 3.8) is 0 Å². The lowest BCUT2D eigenvalue weighted by Gasteiger charge is -2.36. The van der Waals surface area contributed by atoms with Crippen molar-refractivity contribution in [3.05, 3.63) is 58.8 Å². The molecular formula is C27H32N4O3. The SMILES string of the molecule is CC[C@@](C)(N)c1cnc(OC2CC2)c2cnc(Cc3ccc4c(n3)[C@@H](C)C(C)(C)OC4=O)cc12. The molecule has 0 aromatic carbocycles. The maximum atomic E-state index is 12.4. The monoisotopic (exact) mass is 460 g/mol. The predicted octanol–water partition coefficient (Wildman–Crippen LogP) is 4.79. The average Bonchev–Trinajstić information content (AvgIpc) is 3.61. The largest absolute Gasteiger partial charge is 0.474 e. The molecule has 7 heteroatoms. The van der Waals surface area contributed by atoms with Gasteiger partial charge in [0, 0.05) is 41.7 Å². The number of carbonyl (C=O) groups excluding carboxylic acids is 1. The van der Waals surface area contributed by atoms with E-state index in [4.69, 9.17) is 25.2 Å². The predicted molar refractivity (Wildman–Crippen MR) is 130 cm³/mol. The number of fused-ring (bicyclic) bond motifs is 2. The third-order valence-electron chi connectivity index (χ3n) is 7.32. The van der Waals surface area contributed by atoms with Gasteiger partial charge in [0.1, 0.15) is 11.7 Å². The van der Waals surface area contributed by atoms with E-state index in [1.54, 1.807) is 0 Å². The van der Waals surface area contributed by atoms with Gasteiger partial charge < -0.3 is 15.2 Å². The van der Waals surface area contributed by atoms with Gasteiger partial charge in [0.2, 0.25) is 5.88 Å². The Balaban J connectivity index is 1.54. The summed E-state index contributed by atoms with van der Waals surface area (Å²) in [5, 5.41) is 1.90. The number of hydrogen-bond acceptors (Lipinski definition) is 7. The van der Waals surface area contributed by atoms with E-state index in [1.165, 1.54) is 0 Å². The molecule has 1 fully saturated rings. The van der Waals surface area contributed by atoms with Gasteiger partial charge in [-0.2, -0.15) is 0 Å². The topological polar surface area (TPSA) is 100 Å². The first-order valence-electron chi connectivity index (χ1n) is 12.1. The van der Waals surface area contributed by atoms with Gasteiger partial charge in [-0.05, 0) is 69.2 Å². The fourth-order valence-corrected chi connectivity index (χ4v) is 4.35. The first-order valence-corrected chi connectivity index (χ1v) is 12.1. The molecule has 0 unspecified atom stereocenters. The van der Waals surface area contributed by atoms with E-state index in [1.807, 2.05) is 52.2 Å². The Morgan fingerprint density at radius 1 is 1.18 bits per heavy atom. The maximum Gasteiger partial charge on any atom is 0.340 e. The zero-order valence-corrected chi connectivity index (χ0v) is 20.5. The van der Waals surface area contributed by atoms with Crippen molar-refractivity contribution in [2.45, 2.75) is 83.5 Å². The van der Waals surface area contributed by atoms with Gasteiger partial charge in [-0.1, -0.05) is 13.8 Å². The van der Waals surface area contributed by atoms with Gasteiger partial charge in [-0.15, -0.1) is 0 Å². The summed E-state index contributed by atoms with van der Waals surface area (Å²) in [5.74, 6) is 0.295. The quantitative estimate of drug-likeness (QED) is 0.528. The molecule has 1 saturated carbocycles. The van der Waals surface area contributed by atoms with Crippen molar-refractivity contribution in [2.75, 3.05) is 0 Å². The average molecular weight is 461 g/mol. The molecule has 3 aromatic heterocycles. The van der Waals surface area contributed by atoms with Crippen LogP contribution in [0.15, 0.2) is 30.6 Å². The molecule has 0 amide bonds. The highest BCUT2D eigenvalue weighted by molar-refractivity contribution is 5.92. The van der Waals surface area contributed by atoms with E-state index in [0.29, 0.717) is 17.9 Å². The van der Waals surface area contributed by atoms with Crippen LogP contribution in [-0.2, 0) is 16.7 Å². The summed E-state index contributed by atoms with van der Waals surface area (Å²) in [5.41, 5.74) is 9.57. The summed E-state index contributed by atoms with van der Waals surface area (Å²) in [6, 6.07) is 5.78. The molecular weight excluding hydrogens is 428 g/mol. The van der Waals surface area contributed by atoms with E-state index >= 15 is 0 Å². The van der Waals surface area contributed by atoms with Crippen LogP contribution in [0.3, 0.4) is 0 Å². The van der Waals surface area contributed by atoms with Gasteiger partial charge in [0.05, 0.1) is 16.6 Å². The standard InChI is InChI=1S/C27H32N4O3/c1-6-27(5,28)22-14-30-24(33-18-8-9-18)21-13-29-17(12-20(21)22)11-16-7-10-19-23(31-16)15(2)26(3,4)34-25(19)32/h7,10,12-15,18H,6,8-9,11,28H2,1-5H3/t15-,27-/m1/s1. The zero-order valence-electron chi connectivity index (χ0n) is 20.5. The number of ether oxygens (including phenoxy) is 2. The molecule has 0 saturated heterocycles. The first-order chi connectivity index (χ1) is 16.1. The van der Waals surface area contributed by atoms with Crippen molar-refractivity contribution >= 4 is 16.7 Å². The molecule has 7 nitrogen and oxygen atoms in total. The summed E-state index contributed by atoms with van der Waals surface area (Å²) < 4.78 is 11.7. The lowest BCUT2D eigenvalue weighted by molar-refractivity contribution is -0.0190. The minimum atomic E-state index is -0.595. The highest BCUT2D eigenvalue weighted by Gasteiger charge is 2.40. The smallest absolute Gasteiger partial charge is 0.340 e. The Bertz CT molecular complexity index is 1280. The normalized spacial score (nSPS) is 21.0. The highest BCUT2D eigenvalue weighted by atomic mass is 16.6. The first kappa shape index (κ1) is 22.7. The number of pyridine rings is 3. The van der Waals surface area contributed by atoms with Gasteiger partial charge in [0.25, 0.3) is 0 Å². The number of esters is 1. The highest BCUT2D eigenvalue weighted by Crippen LogP contribution is 2.38. The van der Waals surface area contributed by atoms with E-state index in [9.17, 15) is 4.79 Å². The molecule has 0 spiro atoms. The number of cyclic esters (lactones) is 1. The van der Waals surface area contributed by atoms with Crippen LogP contribution in [0.1, 0.15) is 92.8 Å². The summed E-state index contributed by atoms with van der Waals surface area (Å²) >= 11 is 0. The third-order valence-corrected chi connectivity index (χ3v) is 7.32. The lowest BCUT2D eigenvalue weighted by Crippen LogP contribution is -2.39. The molecule has 1 aliphatic heterocycles. The number of aromatic nitrogens is 3. The molecule has 2 aliphatic rings. The minimum absolute atomic E-state index is 0.00739. The lowest BCUT2D eigenvalue weighted by atomic mass is 9.84. The Morgan fingerprint density at radius 2 is 1.94 bits per heavy atom. The summed E-state index contributed by atoms with van der Waals surface area (Å²) in [6.45, 7) is 9.99. The Kier molecular flexibility index (Phi) is 5.35. The molecule has 2 N–H and O–H groups in total. The van der Waals surface area contributed by atoms with E-state index in [2.05, 4.69) is 18.0 Å². The second-order valence-corrected chi connectivity index (χ2v) is 10.4. The fourth-order valence-electron chi connectivity index (χ4n) is 4.35. The number of rotatable bonds is 6. The second-order valence-electron chi connectivity index (χ2n) is 10.4. The van der Waals surface area contributed by atoms with Crippen LogP contribution in [0.2, 0.25) is 0 Å². The van der Waals surface area contributed by atoms with Crippen LogP contribution in [0.5, 0.6) is 5.88 Å². The molecule has 178 valence electrons. The molecule has 3 aromatic rings. The summed E-state index contributed by atoms with van der Waals surface area (Å²) in [7, 11) is 0. The van der Waals surface area contributed by atoms with Crippen molar-refractivity contribution in [1.29, 1.82) is 0 Å². The molecule has 34 heavy (non-hydrogen) atoms. The second kappa shape index (κ2) is 8.01. The zero-order chi connectivity index (χ0) is 24.3. The molecule has 1 aliphatic carbocycles. The van der Waals surface area contributed by atoms with Crippen molar-refractivity contribution < 1.29 is 14.3 Å². The van der Waals surface area contributed by atoms with E-state index in [-0.39, 0.29) is 18.0 Å². The Hall–Kier alpha value is -3.06. The molecule has 4 heterocycles. The van der Waals surface area contributed by atoms with E-state index < -0.39 is 11.1 Å². The molecule has 2 atom stereocenters. The molecule has 5 rings (SSSR count). The number of hydrogen-bond donors (Lipinski definition) is 1. The van der Waals surface area contributed by atoms with Crippen LogP contribution in [-0.4, -0.2) is 32.6 Å².